The number of aromatic carboxylic acids is 1. The van der Waals surface area contributed by atoms with Crippen molar-refractivity contribution in [2.75, 3.05) is 14.2 Å². The highest BCUT2D eigenvalue weighted by molar-refractivity contribution is 5.97. The molecule has 7 heteroatoms. The van der Waals surface area contributed by atoms with Crippen molar-refractivity contribution in [3.05, 3.63) is 45.5 Å². The number of hydrogen-bond donors (Lipinski definition) is 2. The number of hydrogen-bond acceptors (Lipinski definition) is 6. The molecule has 2 rings (SSSR count). The number of aromatic hydroxyl groups is 1. The lowest BCUT2D eigenvalue weighted by Crippen LogP contribution is -2.14. The second-order valence-corrected chi connectivity index (χ2v) is 6.16. The van der Waals surface area contributed by atoms with Gasteiger partial charge in [-0.1, -0.05) is 0 Å². The number of ether oxygens (including phenoxy) is 3. The summed E-state index contributed by atoms with van der Waals surface area (Å²) in [6.45, 7) is 6.48. The minimum absolute atomic E-state index is 0.0786. The molecular formula is C20H22O7. The molecule has 0 aliphatic heterocycles. The van der Waals surface area contributed by atoms with Gasteiger partial charge in [-0.05, 0) is 51.0 Å². The standard InChI is InChI=1S/C20H22O7/c1-9-8-14(11(3)17(21)15(9)19(22)23)27-20(24)16-10(2)7-13(25-5)12(4)18(16)26-6/h7-8,21H,1-6H3,(H,22,23). The van der Waals surface area contributed by atoms with E-state index in [0.29, 0.717) is 22.6 Å². The summed E-state index contributed by atoms with van der Waals surface area (Å²) < 4.78 is 16.1. The maximum Gasteiger partial charge on any atom is 0.347 e. The Morgan fingerprint density at radius 1 is 0.852 bits per heavy atom. The number of aryl methyl sites for hydroxylation is 2. The molecule has 0 saturated carbocycles. The second-order valence-electron chi connectivity index (χ2n) is 6.16. The van der Waals surface area contributed by atoms with Crippen molar-refractivity contribution in [2.45, 2.75) is 27.7 Å². The van der Waals surface area contributed by atoms with Gasteiger partial charge in [-0.2, -0.15) is 0 Å². The zero-order valence-electron chi connectivity index (χ0n) is 16.1. The number of rotatable bonds is 5. The van der Waals surface area contributed by atoms with Crippen molar-refractivity contribution in [3.8, 4) is 23.0 Å². The second kappa shape index (κ2) is 7.57. The molecule has 0 heterocycles. The third-order valence-corrected chi connectivity index (χ3v) is 4.43. The van der Waals surface area contributed by atoms with Gasteiger partial charge in [0, 0.05) is 11.1 Å². The summed E-state index contributed by atoms with van der Waals surface area (Å²) in [7, 11) is 2.97. The van der Waals surface area contributed by atoms with Gasteiger partial charge in [0.05, 0.1) is 14.2 Å². The van der Waals surface area contributed by atoms with Crippen LogP contribution >= 0.6 is 0 Å². The molecule has 0 unspecified atom stereocenters. The highest BCUT2D eigenvalue weighted by Gasteiger charge is 2.25. The van der Waals surface area contributed by atoms with Gasteiger partial charge in [0.15, 0.2) is 0 Å². The van der Waals surface area contributed by atoms with E-state index < -0.39 is 17.7 Å². The fourth-order valence-corrected chi connectivity index (χ4v) is 2.97. The number of carbonyl (C=O) groups excluding carboxylic acids is 1. The van der Waals surface area contributed by atoms with Crippen LogP contribution in [-0.4, -0.2) is 36.4 Å². The minimum atomic E-state index is -1.26. The molecule has 0 atom stereocenters. The van der Waals surface area contributed by atoms with E-state index in [4.69, 9.17) is 14.2 Å². The molecule has 0 saturated heterocycles. The molecule has 0 radical (unpaired) electrons. The van der Waals surface area contributed by atoms with Crippen LogP contribution in [0.3, 0.4) is 0 Å². The lowest BCUT2D eigenvalue weighted by molar-refractivity contribution is 0.0692. The number of carboxylic acid groups (broad SMARTS) is 1. The molecule has 0 aliphatic rings. The van der Waals surface area contributed by atoms with Crippen LogP contribution in [0.2, 0.25) is 0 Å². The lowest BCUT2D eigenvalue weighted by atomic mass is 10.0. The van der Waals surface area contributed by atoms with Crippen molar-refractivity contribution in [1.82, 2.24) is 0 Å². The summed E-state index contributed by atoms with van der Waals surface area (Å²) in [5.74, 6) is -1.38. The van der Waals surface area contributed by atoms with E-state index in [-0.39, 0.29) is 28.0 Å². The summed E-state index contributed by atoms with van der Waals surface area (Å²) in [5, 5.41) is 19.4. The van der Waals surface area contributed by atoms with Crippen LogP contribution in [0.1, 0.15) is 43.0 Å². The van der Waals surface area contributed by atoms with E-state index in [9.17, 15) is 19.8 Å². The number of carbonyl (C=O) groups is 2. The highest BCUT2D eigenvalue weighted by atomic mass is 16.5. The Labute approximate surface area is 157 Å². The van der Waals surface area contributed by atoms with Crippen LogP contribution in [0.4, 0.5) is 0 Å². The first-order valence-corrected chi connectivity index (χ1v) is 8.14. The fraction of sp³-hybridized carbons (Fsp3) is 0.300. The average Bonchev–Trinajstić information content (AvgIpc) is 2.60. The number of methoxy groups -OCH3 is 2. The molecule has 2 aromatic rings. The third-order valence-electron chi connectivity index (χ3n) is 4.43. The van der Waals surface area contributed by atoms with Crippen LogP contribution in [0.15, 0.2) is 12.1 Å². The van der Waals surface area contributed by atoms with Crippen molar-refractivity contribution in [3.63, 3.8) is 0 Å². The highest BCUT2D eigenvalue weighted by Crippen LogP contribution is 2.37. The van der Waals surface area contributed by atoms with Crippen molar-refractivity contribution < 1.29 is 34.0 Å². The Morgan fingerprint density at radius 2 is 1.41 bits per heavy atom. The number of phenols is 1. The molecule has 27 heavy (non-hydrogen) atoms. The van der Waals surface area contributed by atoms with Gasteiger partial charge in [-0.3, -0.25) is 0 Å². The van der Waals surface area contributed by atoms with Gasteiger partial charge in [-0.15, -0.1) is 0 Å². The normalized spacial score (nSPS) is 10.4. The molecule has 2 aromatic carbocycles. The maximum absolute atomic E-state index is 12.8. The Balaban J connectivity index is 2.54. The summed E-state index contributed by atoms with van der Waals surface area (Å²) in [6.07, 6.45) is 0. The van der Waals surface area contributed by atoms with Crippen LogP contribution in [0, 0.1) is 27.7 Å². The Bertz CT molecular complexity index is 929. The van der Waals surface area contributed by atoms with Gasteiger partial charge in [0.2, 0.25) is 0 Å². The largest absolute Gasteiger partial charge is 0.507 e. The zero-order chi connectivity index (χ0) is 20.5. The average molecular weight is 374 g/mol. The molecule has 0 fully saturated rings. The molecule has 144 valence electrons. The number of esters is 1. The summed E-state index contributed by atoms with van der Waals surface area (Å²) in [4.78, 5) is 24.1. The summed E-state index contributed by atoms with van der Waals surface area (Å²) >= 11 is 0. The smallest absolute Gasteiger partial charge is 0.347 e. The molecule has 0 amide bonds. The van der Waals surface area contributed by atoms with Crippen molar-refractivity contribution in [2.24, 2.45) is 0 Å². The summed E-state index contributed by atoms with van der Waals surface area (Å²) in [6, 6.07) is 3.12. The van der Waals surface area contributed by atoms with Crippen molar-refractivity contribution >= 4 is 11.9 Å². The number of benzene rings is 2. The lowest BCUT2D eigenvalue weighted by Gasteiger charge is -2.18. The molecule has 0 spiro atoms. The maximum atomic E-state index is 12.8. The molecule has 0 aromatic heterocycles. The van der Waals surface area contributed by atoms with Gasteiger partial charge >= 0.3 is 11.9 Å². The fourth-order valence-electron chi connectivity index (χ4n) is 2.97. The topological polar surface area (TPSA) is 102 Å². The van der Waals surface area contributed by atoms with E-state index in [1.165, 1.54) is 34.1 Å². The SMILES string of the molecule is COc1cc(C)c(C(=O)Oc2cc(C)c(C(=O)O)c(O)c2C)c(OC)c1C. The summed E-state index contributed by atoms with van der Waals surface area (Å²) in [5.41, 5.74) is 1.70. The van der Waals surface area contributed by atoms with Gasteiger partial charge in [-0.25, -0.2) is 9.59 Å². The molecule has 0 aliphatic carbocycles. The predicted octanol–water partition coefficient (Wildman–Crippen LogP) is 3.56. The van der Waals surface area contributed by atoms with Crippen LogP contribution in [-0.2, 0) is 0 Å². The van der Waals surface area contributed by atoms with Crippen molar-refractivity contribution in [1.29, 1.82) is 0 Å². The first-order chi connectivity index (χ1) is 12.6. The molecule has 2 N–H and O–H groups in total. The molecule has 0 bridgehead atoms. The monoisotopic (exact) mass is 374 g/mol. The molecular weight excluding hydrogens is 352 g/mol. The van der Waals surface area contributed by atoms with Gasteiger partial charge in [0.1, 0.15) is 34.1 Å². The first-order valence-electron chi connectivity index (χ1n) is 8.14. The Kier molecular flexibility index (Phi) is 5.64. The van der Waals surface area contributed by atoms with E-state index in [0.717, 1.165) is 0 Å². The van der Waals surface area contributed by atoms with E-state index >= 15 is 0 Å². The third kappa shape index (κ3) is 3.53. The minimum Gasteiger partial charge on any atom is -0.507 e. The van der Waals surface area contributed by atoms with Crippen LogP contribution in [0.25, 0.3) is 0 Å². The van der Waals surface area contributed by atoms with Gasteiger partial charge < -0.3 is 24.4 Å². The van der Waals surface area contributed by atoms with Gasteiger partial charge in [0.25, 0.3) is 0 Å². The first kappa shape index (κ1) is 20.1. The van der Waals surface area contributed by atoms with E-state index in [2.05, 4.69) is 0 Å². The molecule has 7 nitrogen and oxygen atoms in total. The van der Waals surface area contributed by atoms with E-state index in [1.54, 1.807) is 19.9 Å². The van der Waals surface area contributed by atoms with Crippen LogP contribution in [0.5, 0.6) is 23.0 Å². The quantitative estimate of drug-likeness (QED) is 0.609. The van der Waals surface area contributed by atoms with E-state index in [1.807, 2.05) is 0 Å². The Morgan fingerprint density at radius 3 is 1.93 bits per heavy atom. The zero-order valence-corrected chi connectivity index (χ0v) is 16.1. The van der Waals surface area contributed by atoms with Crippen LogP contribution < -0.4 is 14.2 Å². The Hall–Kier alpha value is -3.22. The predicted molar refractivity (Wildman–Crippen MR) is 98.5 cm³/mol. The number of carboxylic acids is 1.